The smallest absolute Gasteiger partial charge is 0.465 e. The van der Waals surface area contributed by atoms with E-state index in [1.54, 1.807) is 6.07 Å². The number of alkyl halides is 3. The molecule has 4 nitrogen and oxygen atoms in total. The molecule has 1 aromatic carbocycles. The predicted molar refractivity (Wildman–Crippen MR) is 52.2 cm³/mol. The Morgan fingerprint density at radius 2 is 2.00 bits per heavy atom. The van der Waals surface area contributed by atoms with Crippen molar-refractivity contribution in [1.82, 2.24) is 5.32 Å². The van der Waals surface area contributed by atoms with E-state index in [1.807, 2.05) is 0 Å². The van der Waals surface area contributed by atoms with E-state index in [9.17, 15) is 18.0 Å². The predicted octanol–water partition coefficient (Wildman–Crippen LogP) is 2.49. The third kappa shape index (κ3) is 5.76. The van der Waals surface area contributed by atoms with Gasteiger partial charge in [-0.1, -0.05) is 24.3 Å². The number of benzene rings is 1. The molecular weight excluding hydrogens is 239 g/mol. The molecule has 0 spiro atoms. The Morgan fingerprint density at radius 1 is 1.35 bits per heavy atom. The SMILES string of the molecule is O=C(O)NCc1cccc(COC(F)(F)F)c1. The Morgan fingerprint density at radius 3 is 2.59 bits per heavy atom. The molecule has 0 unspecified atom stereocenters. The fourth-order valence-electron chi connectivity index (χ4n) is 1.17. The third-order valence-electron chi connectivity index (χ3n) is 1.84. The van der Waals surface area contributed by atoms with Gasteiger partial charge in [0.2, 0.25) is 0 Å². The Balaban J connectivity index is 2.56. The van der Waals surface area contributed by atoms with E-state index in [-0.39, 0.29) is 6.54 Å². The van der Waals surface area contributed by atoms with E-state index >= 15 is 0 Å². The lowest BCUT2D eigenvalue weighted by atomic mass is 10.1. The van der Waals surface area contributed by atoms with Crippen molar-refractivity contribution >= 4 is 6.09 Å². The van der Waals surface area contributed by atoms with Crippen LogP contribution in [-0.2, 0) is 17.9 Å². The molecule has 0 saturated carbocycles. The lowest BCUT2D eigenvalue weighted by Crippen LogP contribution is -2.20. The largest absolute Gasteiger partial charge is 0.522 e. The molecular formula is C10H10F3NO3. The summed E-state index contributed by atoms with van der Waals surface area (Å²) in [6, 6.07) is 6.05. The highest BCUT2D eigenvalue weighted by atomic mass is 19.4. The van der Waals surface area contributed by atoms with Crippen LogP contribution in [0.5, 0.6) is 0 Å². The Labute approximate surface area is 95.0 Å². The van der Waals surface area contributed by atoms with Gasteiger partial charge >= 0.3 is 12.5 Å². The van der Waals surface area contributed by atoms with E-state index in [4.69, 9.17) is 5.11 Å². The number of halogens is 3. The summed E-state index contributed by atoms with van der Waals surface area (Å²) in [5, 5.41) is 10.5. The Bertz CT molecular complexity index is 393. The first-order chi connectivity index (χ1) is 7.87. The van der Waals surface area contributed by atoms with Gasteiger partial charge in [0.25, 0.3) is 0 Å². The summed E-state index contributed by atoms with van der Waals surface area (Å²) in [6.07, 6.45) is -5.86. The van der Waals surface area contributed by atoms with Gasteiger partial charge in [0.15, 0.2) is 0 Å². The Hall–Kier alpha value is -1.76. The summed E-state index contributed by atoms with van der Waals surface area (Å²) >= 11 is 0. The van der Waals surface area contributed by atoms with Gasteiger partial charge in [0.1, 0.15) is 0 Å². The monoisotopic (exact) mass is 249 g/mol. The molecule has 0 aromatic heterocycles. The number of nitrogens with one attached hydrogen (secondary N) is 1. The first-order valence-electron chi connectivity index (χ1n) is 4.62. The zero-order valence-electron chi connectivity index (χ0n) is 8.62. The van der Waals surface area contributed by atoms with Crippen molar-refractivity contribution in [2.75, 3.05) is 0 Å². The molecule has 1 aromatic rings. The highest BCUT2D eigenvalue weighted by molar-refractivity contribution is 5.64. The molecule has 0 aliphatic carbocycles. The van der Waals surface area contributed by atoms with Crippen LogP contribution in [0.25, 0.3) is 0 Å². The van der Waals surface area contributed by atoms with Gasteiger partial charge in [-0.3, -0.25) is 4.74 Å². The minimum absolute atomic E-state index is 0.0369. The molecule has 17 heavy (non-hydrogen) atoms. The minimum Gasteiger partial charge on any atom is -0.465 e. The van der Waals surface area contributed by atoms with Crippen LogP contribution in [0.4, 0.5) is 18.0 Å². The van der Waals surface area contributed by atoms with E-state index in [1.165, 1.54) is 18.2 Å². The van der Waals surface area contributed by atoms with Crippen molar-refractivity contribution in [3.8, 4) is 0 Å². The van der Waals surface area contributed by atoms with Crippen molar-refractivity contribution in [2.45, 2.75) is 19.5 Å². The van der Waals surface area contributed by atoms with Gasteiger partial charge < -0.3 is 10.4 Å². The number of rotatable bonds is 4. The maximum Gasteiger partial charge on any atom is 0.522 e. The molecule has 0 fully saturated rings. The third-order valence-corrected chi connectivity index (χ3v) is 1.84. The second kappa shape index (κ2) is 5.53. The summed E-state index contributed by atoms with van der Waals surface area (Å²) in [7, 11) is 0. The van der Waals surface area contributed by atoms with E-state index in [0.29, 0.717) is 11.1 Å². The van der Waals surface area contributed by atoms with Crippen molar-refractivity contribution in [3.63, 3.8) is 0 Å². The second-order valence-corrected chi connectivity index (χ2v) is 3.21. The zero-order valence-corrected chi connectivity index (χ0v) is 8.62. The van der Waals surface area contributed by atoms with Crippen LogP contribution < -0.4 is 5.32 Å². The number of carboxylic acid groups (broad SMARTS) is 1. The minimum atomic E-state index is -4.67. The van der Waals surface area contributed by atoms with Crippen LogP contribution in [0.2, 0.25) is 0 Å². The molecule has 1 amide bonds. The van der Waals surface area contributed by atoms with Gasteiger partial charge in [-0.05, 0) is 11.1 Å². The van der Waals surface area contributed by atoms with Crippen LogP contribution in [-0.4, -0.2) is 17.6 Å². The highest BCUT2D eigenvalue weighted by Crippen LogP contribution is 2.19. The first-order valence-corrected chi connectivity index (χ1v) is 4.62. The molecule has 0 atom stereocenters. The van der Waals surface area contributed by atoms with Crippen LogP contribution in [0.15, 0.2) is 24.3 Å². The van der Waals surface area contributed by atoms with Crippen LogP contribution in [0, 0.1) is 0 Å². The number of hydrogen-bond donors (Lipinski definition) is 2. The topological polar surface area (TPSA) is 58.6 Å². The van der Waals surface area contributed by atoms with Crippen molar-refractivity contribution in [3.05, 3.63) is 35.4 Å². The summed E-state index contributed by atoms with van der Waals surface area (Å²) in [6.45, 7) is -0.556. The van der Waals surface area contributed by atoms with Gasteiger partial charge in [-0.2, -0.15) is 0 Å². The second-order valence-electron chi connectivity index (χ2n) is 3.21. The first kappa shape index (κ1) is 13.3. The van der Waals surface area contributed by atoms with Gasteiger partial charge in [0, 0.05) is 6.54 Å². The molecule has 0 bridgehead atoms. The summed E-state index contributed by atoms with van der Waals surface area (Å²) < 4.78 is 39.0. The quantitative estimate of drug-likeness (QED) is 0.861. The highest BCUT2D eigenvalue weighted by Gasteiger charge is 2.28. The maximum absolute atomic E-state index is 11.8. The fraction of sp³-hybridized carbons (Fsp3) is 0.300. The number of hydrogen-bond acceptors (Lipinski definition) is 2. The van der Waals surface area contributed by atoms with Crippen molar-refractivity contribution in [2.24, 2.45) is 0 Å². The van der Waals surface area contributed by atoms with E-state index in [0.717, 1.165) is 0 Å². The average Bonchev–Trinajstić information content (AvgIpc) is 2.23. The number of amides is 1. The fourth-order valence-corrected chi connectivity index (χ4v) is 1.17. The lowest BCUT2D eigenvalue weighted by Gasteiger charge is -2.08. The van der Waals surface area contributed by atoms with Crippen LogP contribution in [0.1, 0.15) is 11.1 Å². The van der Waals surface area contributed by atoms with Crippen molar-refractivity contribution < 1.29 is 27.8 Å². The van der Waals surface area contributed by atoms with Crippen molar-refractivity contribution in [1.29, 1.82) is 0 Å². The Kier molecular flexibility index (Phi) is 4.33. The van der Waals surface area contributed by atoms with Crippen LogP contribution >= 0.6 is 0 Å². The van der Waals surface area contributed by atoms with Crippen LogP contribution in [0.3, 0.4) is 0 Å². The molecule has 0 heterocycles. The van der Waals surface area contributed by atoms with Gasteiger partial charge in [0.05, 0.1) is 6.61 Å². The van der Waals surface area contributed by atoms with E-state index in [2.05, 4.69) is 10.1 Å². The molecule has 0 radical (unpaired) electrons. The normalized spacial score (nSPS) is 11.2. The van der Waals surface area contributed by atoms with E-state index < -0.39 is 19.1 Å². The molecule has 94 valence electrons. The summed E-state index contributed by atoms with van der Waals surface area (Å²) in [5.74, 6) is 0. The summed E-state index contributed by atoms with van der Waals surface area (Å²) in [5.41, 5.74) is 0.891. The number of carbonyl (C=O) groups is 1. The summed E-state index contributed by atoms with van der Waals surface area (Å²) in [4.78, 5) is 10.2. The molecule has 0 saturated heterocycles. The standard InChI is InChI=1S/C10H10F3NO3/c11-10(12,13)17-6-8-3-1-2-7(4-8)5-14-9(15)16/h1-4,14H,5-6H2,(H,15,16). The zero-order chi connectivity index (χ0) is 12.9. The van der Waals surface area contributed by atoms with Gasteiger partial charge in [-0.25, -0.2) is 4.79 Å². The molecule has 7 heteroatoms. The molecule has 1 rings (SSSR count). The molecule has 2 N–H and O–H groups in total. The lowest BCUT2D eigenvalue weighted by molar-refractivity contribution is -0.330. The molecule has 0 aliphatic rings. The maximum atomic E-state index is 11.8. The van der Waals surface area contributed by atoms with Gasteiger partial charge in [-0.15, -0.1) is 13.2 Å². The molecule has 0 aliphatic heterocycles. The average molecular weight is 249 g/mol. The number of ether oxygens (including phenoxy) is 1.